The molecule has 0 aromatic carbocycles. The Kier molecular flexibility index (Phi) is 22.0. The highest BCUT2D eigenvalue weighted by Gasteiger charge is 2.13. The molecule has 6 heteroatoms. The van der Waals surface area contributed by atoms with E-state index in [2.05, 4.69) is 19.1 Å². The van der Waals surface area contributed by atoms with E-state index in [0.717, 1.165) is 25.7 Å². The standard InChI is InChI=1S/C24H46O6/c1-2-3-4-5-6-7-8-9-10-11-12-13-14-15-16-17-24(28)30-21-23(19-26)29-20-22(27)18-25/h9-10,22-23,25-27H,2-8,11-21H2,1H3/b10-9-. The van der Waals surface area contributed by atoms with Crippen LogP contribution < -0.4 is 0 Å². The summed E-state index contributed by atoms with van der Waals surface area (Å²) in [7, 11) is 0. The predicted octanol–water partition coefficient (Wildman–Crippen LogP) is 4.30. The molecule has 0 fully saturated rings. The molecule has 0 saturated carbocycles. The Morgan fingerprint density at radius 3 is 1.93 bits per heavy atom. The Bertz CT molecular complexity index is 399. The maximum absolute atomic E-state index is 11.7. The van der Waals surface area contributed by atoms with Crippen LogP contribution in [0.5, 0.6) is 0 Å². The lowest BCUT2D eigenvalue weighted by Crippen LogP contribution is -2.30. The van der Waals surface area contributed by atoms with Gasteiger partial charge in [-0.15, -0.1) is 0 Å². The van der Waals surface area contributed by atoms with E-state index in [1.165, 1.54) is 57.8 Å². The molecule has 0 rings (SSSR count). The van der Waals surface area contributed by atoms with E-state index in [-0.39, 0.29) is 25.8 Å². The second kappa shape index (κ2) is 22.7. The summed E-state index contributed by atoms with van der Waals surface area (Å²) in [6, 6.07) is 0. The van der Waals surface area contributed by atoms with Crippen LogP contribution in [0, 0.1) is 0 Å². The van der Waals surface area contributed by atoms with Gasteiger partial charge in [0.05, 0.1) is 19.8 Å². The summed E-state index contributed by atoms with van der Waals surface area (Å²) >= 11 is 0. The highest BCUT2D eigenvalue weighted by Crippen LogP contribution is 2.10. The van der Waals surface area contributed by atoms with E-state index in [9.17, 15) is 15.0 Å². The van der Waals surface area contributed by atoms with Gasteiger partial charge in [-0.05, 0) is 32.1 Å². The monoisotopic (exact) mass is 430 g/mol. The highest BCUT2D eigenvalue weighted by molar-refractivity contribution is 5.69. The lowest BCUT2D eigenvalue weighted by atomic mass is 10.1. The Morgan fingerprint density at radius 2 is 1.37 bits per heavy atom. The van der Waals surface area contributed by atoms with Gasteiger partial charge < -0.3 is 24.8 Å². The predicted molar refractivity (Wildman–Crippen MR) is 120 cm³/mol. The maximum atomic E-state index is 11.7. The normalized spacial score (nSPS) is 13.6. The average Bonchev–Trinajstić information content (AvgIpc) is 2.76. The van der Waals surface area contributed by atoms with Crippen LogP contribution in [0.2, 0.25) is 0 Å². The Hall–Kier alpha value is -0.950. The van der Waals surface area contributed by atoms with Gasteiger partial charge in [0, 0.05) is 6.42 Å². The first-order valence-electron chi connectivity index (χ1n) is 12.0. The van der Waals surface area contributed by atoms with E-state index >= 15 is 0 Å². The third kappa shape index (κ3) is 20.3. The number of hydrogen-bond donors (Lipinski definition) is 3. The molecule has 0 spiro atoms. The molecule has 6 nitrogen and oxygen atoms in total. The molecule has 0 bridgehead atoms. The summed E-state index contributed by atoms with van der Waals surface area (Å²) in [6.45, 7) is 1.39. The molecular weight excluding hydrogens is 384 g/mol. The number of rotatable bonds is 22. The Morgan fingerprint density at radius 1 is 0.800 bits per heavy atom. The minimum absolute atomic E-state index is 0.0431. The third-order valence-electron chi connectivity index (χ3n) is 5.01. The minimum Gasteiger partial charge on any atom is -0.463 e. The first kappa shape index (κ1) is 29.1. The third-order valence-corrected chi connectivity index (χ3v) is 5.01. The number of unbranched alkanes of at least 4 members (excludes halogenated alkanes) is 11. The van der Waals surface area contributed by atoms with Gasteiger partial charge in [-0.2, -0.15) is 0 Å². The molecule has 0 amide bonds. The second-order valence-electron chi connectivity index (χ2n) is 7.99. The first-order valence-corrected chi connectivity index (χ1v) is 12.0. The molecule has 0 aromatic rings. The van der Waals surface area contributed by atoms with Gasteiger partial charge >= 0.3 is 5.97 Å². The topological polar surface area (TPSA) is 96.2 Å². The van der Waals surface area contributed by atoms with Crippen molar-refractivity contribution in [1.29, 1.82) is 0 Å². The van der Waals surface area contributed by atoms with Gasteiger partial charge in [-0.1, -0.05) is 70.4 Å². The van der Waals surface area contributed by atoms with Gasteiger partial charge in [0.2, 0.25) is 0 Å². The van der Waals surface area contributed by atoms with Crippen LogP contribution in [-0.2, 0) is 14.3 Å². The molecule has 3 N–H and O–H groups in total. The number of carbonyl (C=O) groups is 1. The van der Waals surface area contributed by atoms with E-state index in [0.29, 0.717) is 6.42 Å². The van der Waals surface area contributed by atoms with Crippen molar-refractivity contribution < 1.29 is 29.6 Å². The van der Waals surface area contributed by atoms with Crippen molar-refractivity contribution >= 4 is 5.97 Å². The molecule has 0 aliphatic heterocycles. The number of ether oxygens (including phenoxy) is 2. The molecule has 0 aliphatic rings. The fourth-order valence-electron chi connectivity index (χ4n) is 3.05. The van der Waals surface area contributed by atoms with E-state index in [1.54, 1.807) is 0 Å². The molecule has 0 saturated heterocycles. The van der Waals surface area contributed by atoms with Gasteiger partial charge in [-0.3, -0.25) is 4.79 Å². The molecule has 0 aromatic heterocycles. The van der Waals surface area contributed by atoms with Gasteiger partial charge in [0.1, 0.15) is 18.8 Å². The summed E-state index contributed by atoms with van der Waals surface area (Å²) in [5, 5.41) is 27.1. The van der Waals surface area contributed by atoms with Crippen molar-refractivity contribution in [2.45, 2.75) is 109 Å². The number of aliphatic hydroxyl groups excluding tert-OH is 3. The van der Waals surface area contributed by atoms with Crippen LogP contribution in [0.1, 0.15) is 96.8 Å². The fourth-order valence-corrected chi connectivity index (χ4v) is 3.05. The summed E-state index contributed by atoms with van der Waals surface area (Å²) in [4.78, 5) is 11.7. The molecule has 0 heterocycles. The van der Waals surface area contributed by atoms with Crippen LogP contribution in [0.4, 0.5) is 0 Å². The molecule has 178 valence electrons. The molecule has 30 heavy (non-hydrogen) atoms. The second-order valence-corrected chi connectivity index (χ2v) is 7.99. The summed E-state index contributed by atoms with van der Waals surface area (Å²) in [5.74, 6) is -0.294. The van der Waals surface area contributed by atoms with Crippen LogP contribution in [0.15, 0.2) is 12.2 Å². The van der Waals surface area contributed by atoms with Crippen LogP contribution in [-0.4, -0.2) is 59.9 Å². The van der Waals surface area contributed by atoms with Crippen LogP contribution >= 0.6 is 0 Å². The van der Waals surface area contributed by atoms with Gasteiger partial charge in [-0.25, -0.2) is 0 Å². The smallest absolute Gasteiger partial charge is 0.305 e. The highest BCUT2D eigenvalue weighted by atomic mass is 16.6. The van der Waals surface area contributed by atoms with Crippen molar-refractivity contribution in [1.82, 2.24) is 0 Å². The van der Waals surface area contributed by atoms with E-state index < -0.39 is 18.8 Å². The SMILES string of the molecule is CCCCCCCC/C=C\CCCCCCCC(=O)OCC(CO)OCC(O)CO. The summed E-state index contributed by atoms with van der Waals surface area (Å²) in [5.41, 5.74) is 0. The van der Waals surface area contributed by atoms with Gasteiger partial charge in [0.25, 0.3) is 0 Å². The quantitative estimate of drug-likeness (QED) is 0.135. The first-order chi connectivity index (χ1) is 14.6. The molecule has 0 radical (unpaired) electrons. The largest absolute Gasteiger partial charge is 0.463 e. The Balaban J connectivity index is 3.44. The Labute approximate surface area is 183 Å². The van der Waals surface area contributed by atoms with Crippen molar-refractivity contribution in [2.24, 2.45) is 0 Å². The average molecular weight is 431 g/mol. The molecular formula is C24H46O6. The lowest BCUT2D eigenvalue weighted by Gasteiger charge is -2.17. The summed E-state index contributed by atoms with van der Waals surface area (Å²) < 4.78 is 10.3. The number of hydrogen-bond acceptors (Lipinski definition) is 6. The van der Waals surface area contributed by atoms with Crippen LogP contribution in [0.25, 0.3) is 0 Å². The number of allylic oxidation sites excluding steroid dienone is 2. The van der Waals surface area contributed by atoms with Crippen molar-refractivity contribution in [3.05, 3.63) is 12.2 Å². The zero-order chi connectivity index (χ0) is 22.3. The molecule has 2 unspecified atom stereocenters. The molecule has 2 atom stereocenters. The van der Waals surface area contributed by atoms with Crippen molar-refractivity contribution in [3.8, 4) is 0 Å². The van der Waals surface area contributed by atoms with Crippen molar-refractivity contribution in [2.75, 3.05) is 26.4 Å². The van der Waals surface area contributed by atoms with Crippen LogP contribution in [0.3, 0.4) is 0 Å². The van der Waals surface area contributed by atoms with Gasteiger partial charge in [0.15, 0.2) is 0 Å². The molecule has 0 aliphatic carbocycles. The fraction of sp³-hybridized carbons (Fsp3) is 0.875. The number of esters is 1. The minimum atomic E-state index is -0.995. The zero-order valence-electron chi connectivity index (χ0n) is 19.1. The number of aliphatic hydroxyl groups is 3. The number of carbonyl (C=O) groups excluding carboxylic acids is 1. The zero-order valence-corrected chi connectivity index (χ0v) is 19.1. The van der Waals surface area contributed by atoms with E-state index in [4.69, 9.17) is 14.6 Å². The summed E-state index contributed by atoms with van der Waals surface area (Å²) in [6.07, 6.45) is 19.1. The lowest BCUT2D eigenvalue weighted by molar-refractivity contribution is -0.150. The van der Waals surface area contributed by atoms with E-state index in [1.807, 2.05) is 0 Å². The van der Waals surface area contributed by atoms with Crippen molar-refractivity contribution in [3.63, 3.8) is 0 Å². The maximum Gasteiger partial charge on any atom is 0.305 e.